The number of hydrogen-bond donors (Lipinski definition) is 2. The molecule has 0 atom stereocenters. The lowest BCUT2D eigenvalue weighted by Crippen LogP contribution is -2.14. The Kier molecular flexibility index (Phi) is 4.39. The summed E-state index contributed by atoms with van der Waals surface area (Å²) in [6.45, 7) is 4.06. The van der Waals surface area contributed by atoms with Crippen LogP contribution in [0.15, 0.2) is 40.3 Å². The molecule has 0 aliphatic carbocycles. The van der Waals surface area contributed by atoms with Crippen LogP contribution in [0.4, 0.5) is 5.82 Å². The fourth-order valence-electron chi connectivity index (χ4n) is 1.74. The molecule has 7 heteroatoms. The minimum Gasteiger partial charge on any atom is -0.263 e. The highest BCUT2D eigenvalue weighted by Crippen LogP contribution is 2.25. The molecular weight excluding hydrogens is 294 g/mol. The van der Waals surface area contributed by atoms with E-state index in [1.807, 2.05) is 26.2 Å². The average Bonchev–Trinajstić information content (AvgIpc) is 2.85. The molecule has 0 unspecified atom stereocenters. The molecule has 2 rings (SSSR count). The second-order valence-corrected chi connectivity index (χ2v) is 7.18. The highest BCUT2D eigenvalue weighted by molar-refractivity contribution is 7.99. The molecule has 0 aliphatic heterocycles. The van der Waals surface area contributed by atoms with Crippen molar-refractivity contribution < 1.29 is 8.42 Å². The number of aromatic amines is 1. The number of sulfonamides is 1. The third kappa shape index (κ3) is 3.16. The Morgan fingerprint density at radius 1 is 1.35 bits per heavy atom. The molecule has 1 aromatic carbocycles. The smallest absolute Gasteiger partial charge is 0.263 e. The summed E-state index contributed by atoms with van der Waals surface area (Å²) in [5.41, 5.74) is 0.988. The molecule has 20 heavy (non-hydrogen) atoms. The summed E-state index contributed by atoms with van der Waals surface area (Å²) in [6, 6.07) is 6.96. The zero-order chi connectivity index (χ0) is 14.8. The molecule has 0 spiro atoms. The molecule has 0 amide bonds. The first-order valence-corrected chi connectivity index (χ1v) is 8.85. The predicted octanol–water partition coefficient (Wildman–Crippen LogP) is 3.06. The van der Waals surface area contributed by atoms with Gasteiger partial charge < -0.3 is 0 Å². The Labute approximate surface area is 123 Å². The van der Waals surface area contributed by atoms with Gasteiger partial charge in [-0.2, -0.15) is 5.10 Å². The molecule has 108 valence electrons. The van der Waals surface area contributed by atoms with E-state index in [9.17, 15) is 8.42 Å². The number of thioether (sulfide) groups is 1. The van der Waals surface area contributed by atoms with Crippen molar-refractivity contribution in [1.29, 1.82) is 0 Å². The SMILES string of the molecule is CSc1cn[nH]c1NS(=O)(=O)c1cccc(C(C)C)c1. The number of hydrogen-bond acceptors (Lipinski definition) is 4. The second-order valence-electron chi connectivity index (χ2n) is 4.65. The minimum atomic E-state index is -3.61. The third-order valence-electron chi connectivity index (χ3n) is 2.90. The fraction of sp³-hybridized carbons (Fsp3) is 0.308. The van der Waals surface area contributed by atoms with Crippen LogP contribution in [-0.4, -0.2) is 24.9 Å². The number of nitrogens with zero attached hydrogens (tertiary/aromatic N) is 1. The van der Waals surface area contributed by atoms with E-state index < -0.39 is 10.0 Å². The van der Waals surface area contributed by atoms with Crippen molar-refractivity contribution in [2.45, 2.75) is 29.6 Å². The number of H-pyrrole nitrogens is 1. The first kappa shape index (κ1) is 14.9. The van der Waals surface area contributed by atoms with Gasteiger partial charge in [0.2, 0.25) is 0 Å². The summed E-state index contributed by atoms with van der Waals surface area (Å²) < 4.78 is 27.3. The van der Waals surface area contributed by atoms with E-state index in [0.717, 1.165) is 10.5 Å². The van der Waals surface area contributed by atoms with Crippen LogP contribution in [0.1, 0.15) is 25.3 Å². The quantitative estimate of drug-likeness (QED) is 0.832. The molecule has 1 aromatic heterocycles. The molecule has 0 fully saturated rings. The van der Waals surface area contributed by atoms with Crippen molar-refractivity contribution in [3.63, 3.8) is 0 Å². The highest BCUT2D eigenvalue weighted by atomic mass is 32.2. The Morgan fingerprint density at radius 2 is 2.10 bits per heavy atom. The van der Waals surface area contributed by atoms with Crippen molar-refractivity contribution in [3.05, 3.63) is 36.0 Å². The van der Waals surface area contributed by atoms with Crippen LogP contribution in [0, 0.1) is 0 Å². The van der Waals surface area contributed by atoms with E-state index in [2.05, 4.69) is 14.9 Å². The third-order valence-corrected chi connectivity index (χ3v) is 4.99. The van der Waals surface area contributed by atoms with E-state index in [1.165, 1.54) is 11.8 Å². The molecule has 0 aliphatic rings. The molecular formula is C13H17N3O2S2. The van der Waals surface area contributed by atoms with Crippen molar-refractivity contribution in [2.75, 3.05) is 11.0 Å². The van der Waals surface area contributed by atoms with Crippen LogP contribution >= 0.6 is 11.8 Å². The lowest BCUT2D eigenvalue weighted by Gasteiger charge is -2.10. The van der Waals surface area contributed by atoms with Crippen LogP contribution in [0.25, 0.3) is 0 Å². The topological polar surface area (TPSA) is 74.8 Å². The lowest BCUT2D eigenvalue weighted by molar-refractivity contribution is 0.600. The van der Waals surface area contributed by atoms with Crippen molar-refractivity contribution in [3.8, 4) is 0 Å². The number of rotatable bonds is 5. The van der Waals surface area contributed by atoms with E-state index in [0.29, 0.717) is 5.82 Å². The van der Waals surface area contributed by atoms with Crippen molar-refractivity contribution in [1.82, 2.24) is 10.2 Å². The van der Waals surface area contributed by atoms with Gasteiger partial charge in [0.15, 0.2) is 0 Å². The molecule has 0 saturated heterocycles. The molecule has 5 nitrogen and oxygen atoms in total. The van der Waals surface area contributed by atoms with Gasteiger partial charge in [0.1, 0.15) is 5.82 Å². The van der Waals surface area contributed by atoms with Gasteiger partial charge in [-0.25, -0.2) is 8.42 Å². The average molecular weight is 311 g/mol. The van der Waals surface area contributed by atoms with Gasteiger partial charge in [-0.15, -0.1) is 11.8 Å². The van der Waals surface area contributed by atoms with Crippen LogP contribution in [0.2, 0.25) is 0 Å². The van der Waals surface area contributed by atoms with E-state index in [1.54, 1.807) is 24.4 Å². The van der Waals surface area contributed by atoms with E-state index in [4.69, 9.17) is 0 Å². The minimum absolute atomic E-state index is 0.255. The second kappa shape index (κ2) is 5.88. The van der Waals surface area contributed by atoms with Crippen molar-refractivity contribution >= 4 is 27.6 Å². The predicted molar refractivity (Wildman–Crippen MR) is 81.7 cm³/mol. The first-order valence-electron chi connectivity index (χ1n) is 6.14. The molecule has 0 saturated carbocycles. The fourth-order valence-corrected chi connectivity index (χ4v) is 3.35. The lowest BCUT2D eigenvalue weighted by atomic mass is 10.0. The van der Waals surface area contributed by atoms with Gasteiger partial charge >= 0.3 is 0 Å². The summed E-state index contributed by atoms with van der Waals surface area (Å²) in [4.78, 5) is 1.01. The van der Waals surface area contributed by atoms with Crippen LogP contribution in [0.5, 0.6) is 0 Å². The number of benzene rings is 1. The maximum atomic E-state index is 12.4. The summed E-state index contributed by atoms with van der Waals surface area (Å²) in [7, 11) is -3.61. The number of nitrogens with one attached hydrogen (secondary N) is 2. The van der Waals surface area contributed by atoms with Crippen molar-refractivity contribution in [2.24, 2.45) is 0 Å². The monoisotopic (exact) mass is 311 g/mol. The maximum Gasteiger partial charge on any atom is 0.263 e. The standard InChI is InChI=1S/C13H17N3O2S2/c1-9(2)10-5-4-6-11(7-10)20(17,18)16-13-12(19-3)8-14-15-13/h4-9H,1-3H3,(H2,14,15,16). The molecule has 0 bridgehead atoms. The maximum absolute atomic E-state index is 12.4. The Hall–Kier alpha value is -1.47. The van der Waals surface area contributed by atoms with Gasteiger partial charge in [0.05, 0.1) is 16.0 Å². The molecule has 1 heterocycles. The first-order chi connectivity index (χ1) is 9.44. The molecule has 2 aromatic rings. The number of aromatic nitrogens is 2. The zero-order valence-electron chi connectivity index (χ0n) is 11.5. The van der Waals surface area contributed by atoms with E-state index >= 15 is 0 Å². The number of anilines is 1. The van der Waals surface area contributed by atoms with Crippen LogP contribution in [-0.2, 0) is 10.0 Å². The molecule has 2 N–H and O–H groups in total. The highest BCUT2D eigenvalue weighted by Gasteiger charge is 2.17. The Balaban J connectivity index is 2.33. The van der Waals surface area contributed by atoms with Gasteiger partial charge in [0.25, 0.3) is 10.0 Å². The normalized spacial score (nSPS) is 11.8. The van der Waals surface area contributed by atoms with Gasteiger partial charge in [0, 0.05) is 0 Å². The summed E-state index contributed by atoms with van der Waals surface area (Å²) >= 11 is 1.43. The van der Waals surface area contributed by atoms with Gasteiger partial charge in [-0.3, -0.25) is 9.82 Å². The zero-order valence-corrected chi connectivity index (χ0v) is 13.2. The molecule has 0 radical (unpaired) electrons. The summed E-state index contributed by atoms with van der Waals surface area (Å²) in [5, 5.41) is 6.50. The summed E-state index contributed by atoms with van der Waals surface area (Å²) in [5.74, 6) is 0.673. The summed E-state index contributed by atoms with van der Waals surface area (Å²) in [6.07, 6.45) is 3.45. The van der Waals surface area contributed by atoms with Crippen LogP contribution < -0.4 is 4.72 Å². The van der Waals surface area contributed by atoms with E-state index in [-0.39, 0.29) is 10.8 Å². The largest absolute Gasteiger partial charge is 0.263 e. The van der Waals surface area contributed by atoms with Gasteiger partial charge in [-0.1, -0.05) is 26.0 Å². The Bertz CT molecular complexity index is 693. The Morgan fingerprint density at radius 3 is 2.75 bits per heavy atom. The van der Waals surface area contributed by atoms with Crippen LogP contribution in [0.3, 0.4) is 0 Å². The van der Waals surface area contributed by atoms with Gasteiger partial charge in [-0.05, 0) is 29.9 Å².